The van der Waals surface area contributed by atoms with Crippen LogP contribution in [0.25, 0.3) is 0 Å². The van der Waals surface area contributed by atoms with Crippen molar-refractivity contribution in [1.29, 1.82) is 0 Å². The summed E-state index contributed by atoms with van der Waals surface area (Å²) in [5.74, 6) is 1.25. The number of benzene rings is 1. The summed E-state index contributed by atoms with van der Waals surface area (Å²) in [6.45, 7) is 3.75. The fourth-order valence-corrected chi connectivity index (χ4v) is 5.84. The summed E-state index contributed by atoms with van der Waals surface area (Å²) in [6, 6.07) is 7.91. The van der Waals surface area contributed by atoms with Crippen LogP contribution < -0.4 is 4.74 Å². The Morgan fingerprint density at radius 2 is 1.96 bits per heavy atom. The van der Waals surface area contributed by atoms with E-state index in [-0.39, 0.29) is 36.0 Å². The first-order valence-corrected chi connectivity index (χ1v) is 11.6. The molecule has 0 aliphatic carbocycles. The smallest absolute Gasteiger partial charge is 0.237 e. The summed E-state index contributed by atoms with van der Waals surface area (Å²) < 4.78 is 29.2. The van der Waals surface area contributed by atoms with Crippen molar-refractivity contribution in [3.8, 4) is 5.75 Å². The topological polar surface area (TPSA) is 66.9 Å². The van der Waals surface area contributed by atoms with Gasteiger partial charge in [-0.15, -0.1) is 0 Å². The normalized spacial score (nSPS) is 24.9. The molecule has 0 aromatic heterocycles. The van der Waals surface area contributed by atoms with Gasteiger partial charge in [0.15, 0.2) is 9.84 Å². The number of methoxy groups -OCH3 is 1. The fourth-order valence-electron chi connectivity index (χ4n) is 4.08. The molecule has 2 aliphatic rings. The molecule has 6 nitrogen and oxygen atoms in total. The summed E-state index contributed by atoms with van der Waals surface area (Å²) in [5.41, 5.74) is 1.06. The number of rotatable bonds is 6. The molecule has 27 heavy (non-hydrogen) atoms. The molecule has 1 aromatic carbocycles. The molecule has 1 amide bonds. The largest absolute Gasteiger partial charge is 0.497 e. The Bertz CT molecular complexity index is 748. The number of hydrogen-bond donors (Lipinski definition) is 0. The lowest BCUT2D eigenvalue weighted by Crippen LogP contribution is -2.49. The van der Waals surface area contributed by atoms with Gasteiger partial charge in [-0.25, -0.2) is 8.42 Å². The Balaban J connectivity index is 1.73. The van der Waals surface area contributed by atoms with Crippen molar-refractivity contribution in [2.24, 2.45) is 0 Å². The predicted octanol–water partition coefficient (Wildman–Crippen LogP) is 2.09. The third kappa shape index (κ3) is 5.23. The van der Waals surface area contributed by atoms with Gasteiger partial charge >= 0.3 is 0 Å². The van der Waals surface area contributed by atoms with Crippen LogP contribution >= 0.6 is 0 Å². The highest BCUT2D eigenvalue weighted by molar-refractivity contribution is 7.91. The van der Waals surface area contributed by atoms with Crippen molar-refractivity contribution in [3.63, 3.8) is 0 Å². The zero-order valence-electron chi connectivity index (χ0n) is 16.3. The van der Waals surface area contributed by atoms with Crippen LogP contribution in [0, 0.1) is 0 Å². The van der Waals surface area contributed by atoms with Gasteiger partial charge in [-0.1, -0.05) is 12.1 Å². The van der Waals surface area contributed by atoms with Crippen molar-refractivity contribution in [2.45, 2.75) is 51.2 Å². The zero-order chi connectivity index (χ0) is 19.4. The highest BCUT2D eigenvalue weighted by Crippen LogP contribution is 2.23. The lowest BCUT2D eigenvalue weighted by molar-refractivity contribution is -0.136. The first-order valence-electron chi connectivity index (χ1n) is 9.75. The number of sulfone groups is 1. The van der Waals surface area contributed by atoms with Gasteiger partial charge in [0, 0.05) is 25.2 Å². The molecule has 0 bridgehead atoms. The fraction of sp³-hybridized carbons (Fsp3) is 0.650. The molecule has 150 valence electrons. The highest BCUT2D eigenvalue weighted by Gasteiger charge is 2.34. The molecule has 3 rings (SSSR count). The lowest BCUT2D eigenvalue weighted by atomic mass is 10.0. The summed E-state index contributed by atoms with van der Waals surface area (Å²) in [4.78, 5) is 17.0. The van der Waals surface area contributed by atoms with Crippen molar-refractivity contribution >= 4 is 15.7 Å². The van der Waals surface area contributed by atoms with Crippen molar-refractivity contribution in [3.05, 3.63) is 29.8 Å². The van der Waals surface area contributed by atoms with Crippen LogP contribution in [0.2, 0.25) is 0 Å². The van der Waals surface area contributed by atoms with Crippen molar-refractivity contribution in [1.82, 2.24) is 9.80 Å². The van der Waals surface area contributed by atoms with Gasteiger partial charge in [-0.05, 0) is 50.3 Å². The van der Waals surface area contributed by atoms with E-state index in [4.69, 9.17) is 4.74 Å². The second kappa shape index (κ2) is 8.61. The standard InChI is InChI=1S/C20H30N2O4S/c1-16-5-3-4-11-22(16)20(23)14-21(18-10-12-27(24,25)15-18)13-17-6-8-19(26-2)9-7-17/h6-9,16,18H,3-5,10-15H2,1-2H3. The van der Waals surface area contributed by atoms with E-state index in [2.05, 4.69) is 11.8 Å². The monoisotopic (exact) mass is 394 g/mol. The number of nitrogens with zero attached hydrogens (tertiary/aromatic N) is 2. The van der Waals surface area contributed by atoms with Gasteiger partial charge in [-0.3, -0.25) is 9.69 Å². The molecule has 0 radical (unpaired) electrons. The number of likely N-dealkylation sites (tertiary alicyclic amines) is 1. The maximum Gasteiger partial charge on any atom is 0.237 e. The van der Waals surface area contributed by atoms with Crippen LogP contribution in [0.1, 0.15) is 38.2 Å². The third-order valence-electron chi connectivity index (χ3n) is 5.73. The molecule has 2 heterocycles. The van der Waals surface area contributed by atoms with Crippen LogP contribution in [0.3, 0.4) is 0 Å². The minimum atomic E-state index is -3.00. The molecule has 0 N–H and O–H groups in total. The van der Waals surface area contributed by atoms with Crippen molar-refractivity contribution in [2.75, 3.05) is 31.7 Å². The van der Waals surface area contributed by atoms with Crippen LogP contribution in [0.5, 0.6) is 5.75 Å². The Morgan fingerprint density at radius 3 is 2.56 bits per heavy atom. The number of amides is 1. The van der Waals surface area contributed by atoms with Gasteiger partial charge in [0.1, 0.15) is 5.75 Å². The number of carbonyl (C=O) groups excluding carboxylic acids is 1. The van der Waals surface area contributed by atoms with Gasteiger partial charge in [-0.2, -0.15) is 0 Å². The van der Waals surface area contributed by atoms with E-state index in [0.717, 1.165) is 30.7 Å². The third-order valence-corrected chi connectivity index (χ3v) is 7.48. The Labute approximate surface area is 162 Å². The zero-order valence-corrected chi connectivity index (χ0v) is 17.1. The van der Waals surface area contributed by atoms with Gasteiger partial charge in [0.25, 0.3) is 0 Å². The molecule has 2 aliphatic heterocycles. The number of piperidine rings is 1. The van der Waals surface area contributed by atoms with E-state index < -0.39 is 9.84 Å². The molecule has 7 heteroatoms. The van der Waals surface area contributed by atoms with E-state index in [9.17, 15) is 13.2 Å². The summed E-state index contributed by atoms with van der Waals surface area (Å²) in [5, 5.41) is 0. The Morgan fingerprint density at radius 1 is 1.22 bits per heavy atom. The minimum absolute atomic E-state index is 0.0962. The lowest BCUT2D eigenvalue weighted by Gasteiger charge is -2.36. The van der Waals surface area contributed by atoms with E-state index in [1.165, 1.54) is 6.42 Å². The van der Waals surface area contributed by atoms with Gasteiger partial charge < -0.3 is 9.64 Å². The van der Waals surface area contributed by atoms with Crippen LogP contribution in [-0.2, 0) is 21.2 Å². The van der Waals surface area contributed by atoms with E-state index >= 15 is 0 Å². The molecule has 2 unspecified atom stereocenters. The molecular formula is C20H30N2O4S. The minimum Gasteiger partial charge on any atom is -0.497 e. The van der Waals surface area contributed by atoms with E-state index in [1.807, 2.05) is 29.2 Å². The molecule has 1 aromatic rings. The van der Waals surface area contributed by atoms with Gasteiger partial charge in [0.2, 0.25) is 5.91 Å². The molecule has 0 spiro atoms. The first-order chi connectivity index (χ1) is 12.9. The van der Waals surface area contributed by atoms with Crippen LogP contribution in [0.15, 0.2) is 24.3 Å². The highest BCUT2D eigenvalue weighted by atomic mass is 32.2. The molecule has 2 fully saturated rings. The first kappa shape index (κ1) is 20.1. The van der Waals surface area contributed by atoms with E-state index in [0.29, 0.717) is 13.0 Å². The molecule has 0 saturated carbocycles. The second-order valence-electron chi connectivity index (χ2n) is 7.74. The van der Waals surface area contributed by atoms with Crippen LogP contribution in [-0.4, -0.2) is 67.9 Å². The average Bonchev–Trinajstić information content (AvgIpc) is 3.02. The SMILES string of the molecule is COc1ccc(CN(CC(=O)N2CCCCC2C)C2CCS(=O)(=O)C2)cc1. The quantitative estimate of drug-likeness (QED) is 0.739. The molecular weight excluding hydrogens is 364 g/mol. The Hall–Kier alpha value is -1.60. The number of carbonyl (C=O) groups is 1. The average molecular weight is 395 g/mol. The van der Waals surface area contributed by atoms with Crippen molar-refractivity contribution < 1.29 is 17.9 Å². The summed E-state index contributed by atoms with van der Waals surface area (Å²) in [6.07, 6.45) is 3.86. The molecule has 2 saturated heterocycles. The van der Waals surface area contributed by atoms with E-state index in [1.54, 1.807) is 7.11 Å². The Kier molecular flexibility index (Phi) is 6.42. The summed E-state index contributed by atoms with van der Waals surface area (Å²) in [7, 11) is -1.37. The number of ether oxygens (including phenoxy) is 1. The summed E-state index contributed by atoms with van der Waals surface area (Å²) >= 11 is 0. The van der Waals surface area contributed by atoms with Gasteiger partial charge in [0.05, 0.1) is 25.2 Å². The van der Waals surface area contributed by atoms with Crippen LogP contribution in [0.4, 0.5) is 0 Å². The molecule has 2 atom stereocenters. The maximum absolute atomic E-state index is 12.9. The maximum atomic E-state index is 12.9. The number of hydrogen-bond acceptors (Lipinski definition) is 5. The second-order valence-corrected chi connectivity index (χ2v) is 9.97. The predicted molar refractivity (Wildman–Crippen MR) is 105 cm³/mol.